The van der Waals surface area contributed by atoms with Crippen molar-refractivity contribution in [3.63, 3.8) is 0 Å². The van der Waals surface area contributed by atoms with Crippen LogP contribution in [0.1, 0.15) is 29.7 Å². The fraction of sp³-hybridized carbons (Fsp3) is 0.182. The number of nitrogens with one attached hydrogen (secondary N) is 1. The van der Waals surface area contributed by atoms with Gasteiger partial charge in [-0.3, -0.25) is 4.79 Å². The Labute approximate surface area is 153 Å². The number of carbonyl (C=O) groups is 2. The monoisotopic (exact) mass is 346 g/mol. The Morgan fingerprint density at radius 2 is 1.69 bits per heavy atom. The molecule has 0 fully saturated rings. The highest BCUT2D eigenvalue weighted by Crippen LogP contribution is 2.30. The summed E-state index contributed by atoms with van der Waals surface area (Å²) in [6.07, 6.45) is 3.38. The van der Waals surface area contributed by atoms with Crippen LogP contribution in [-0.2, 0) is 4.79 Å². The minimum Gasteiger partial charge on any atom is -0.327 e. The van der Waals surface area contributed by atoms with Crippen molar-refractivity contribution in [3.05, 3.63) is 88.6 Å². The highest BCUT2D eigenvalue weighted by atomic mass is 16.2. The van der Waals surface area contributed by atoms with Crippen LogP contribution < -0.4 is 5.32 Å². The number of allylic oxidation sites excluding steroid dienone is 2. The van der Waals surface area contributed by atoms with E-state index >= 15 is 0 Å². The van der Waals surface area contributed by atoms with Gasteiger partial charge in [-0.25, -0.2) is 4.79 Å². The molecule has 0 saturated carbocycles. The van der Waals surface area contributed by atoms with Gasteiger partial charge in [-0.1, -0.05) is 66.2 Å². The number of aryl methyl sites for hydroxylation is 1. The van der Waals surface area contributed by atoms with E-state index < -0.39 is 6.04 Å². The molecule has 1 N–H and O–H groups in total. The van der Waals surface area contributed by atoms with Crippen molar-refractivity contribution in [1.82, 2.24) is 10.2 Å². The number of urea groups is 1. The van der Waals surface area contributed by atoms with Gasteiger partial charge < -0.3 is 10.2 Å². The van der Waals surface area contributed by atoms with Gasteiger partial charge in [-0.05, 0) is 31.1 Å². The molecule has 0 bridgehead atoms. The van der Waals surface area contributed by atoms with Crippen LogP contribution in [0, 0.1) is 6.92 Å². The van der Waals surface area contributed by atoms with Gasteiger partial charge in [0.2, 0.25) is 0 Å². The summed E-state index contributed by atoms with van der Waals surface area (Å²) in [6.45, 7) is 3.83. The lowest BCUT2D eigenvalue weighted by atomic mass is 9.91. The van der Waals surface area contributed by atoms with Crippen molar-refractivity contribution in [1.29, 1.82) is 0 Å². The van der Waals surface area contributed by atoms with Gasteiger partial charge in [0.1, 0.15) is 0 Å². The second kappa shape index (κ2) is 7.40. The van der Waals surface area contributed by atoms with Crippen LogP contribution in [0.2, 0.25) is 0 Å². The number of carbonyl (C=O) groups excluding carboxylic acids is 2. The number of hydrogen-bond acceptors (Lipinski definition) is 2. The summed E-state index contributed by atoms with van der Waals surface area (Å²) in [7, 11) is 1.67. The zero-order valence-corrected chi connectivity index (χ0v) is 15.2. The molecule has 0 radical (unpaired) electrons. The maximum absolute atomic E-state index is 13.0. The van der Waals surface area contributed by atoms with Gasteiger partial charge in [0.15, 0.2) is 5.78 Å². The molecule has 1 aliphatic rings. The predicted molar refractivity (Wildman–Crippen MR) is 103 cm³/mol. The molecule has 0 aliphatic carbocycles. The van der Waals surface area contributed by atoms with E-state index in [1.807, 2.05) is 68.4 Å². The third kappa shape index (κ3) is 3.59. The molecular weight excluding hydrogens is 324 g/mol. The van der Waals surface area contributed by atoms with E-state index in [0.29, 0.717) is 11.3 Å². The zero-order valence-electron chi connectivity index (χ0n) is 15.2. The first-order valence-electron chi connectivity index (χ1n) is 8.56. The number of nitrogens with zero attached hydrogens (tertiary/aromatic N) is 1. The average molecular weight is 346 g/mol. The van der Waals surface area contributed by atoms with E-state index in [-0.39, 0.29) is 11.8 Å². The molecule has 2 aromatic rings. The van der Waals surface area contributed by atoms with Crippen LogP contribution in [0.5, 0.6) is 0 Å². The van der Waals surface area contributed by atoms with Crippen LogP contribution in [0.25, 0.3) is 6.08 Å². The molecule has 4 heteroatoms. The third-order valence-corrected chi connectivity index (χ3v) is 4.66. The quantitative estimate of drug-likeness (QED) is 0.842. The standard InChI is InChI=1S/C22H22N2O2/c1-15-9-11-17(12-10-15)13-14-19(25)20-16(2)24(3)22(26)23-21(20)18-7-5-4-6-8-18/h4-14,21H,1-3H3,(H,23,26). The smallest absolute Gasteiger partial charge is 0.322 e. The number of rotatable bonds is 4. The van der Waals surface area contributed by atoms with Crippen molar-refractivity contribution in [2.24, 2.45) is 0 Å². The summed E-state index contributed by atoms with van der Waals surface area (Å²) in [5.41, 5.74) is 4.28. The second-order valence-corrected chi connectivity index (χ2v) is 6.46. The van der Waals surface area contributed by atoms with E-state index in [1.54, 1.807) is 19.2 Å². The SMILES string of the molecule is CC1=C(C(=O)C=Cc2ccc(C)cc2)C(c2ccccc2)NC(=O)N1C. The highest BCUT2D eigenvalue weighted by molar-refractivity contribution is 6.09. The van der Waals surface area contributed by atoms with Gasteiger partial charge in [-0.2, -0.15) is 0 Å². The molecule has 0 spiro atoms. The first kappa shape index (κ1) is 17.7. The minimum atomic E-state index is -0.449. The van der Waals surface area contributed by atoms with Gasteiger partial charge in [-0.15, -0.1) is 0 Å². The Morgan fingerprint density at radius 3 is 2.35 bits per heavy atom. The molecule has 3 rings (SSSR count). The maximum atomic E-state index is 13.0. The van der Waals surface area contributed by atoms with Gasteiger partial charge in [0.05, 0.1) is 6.04 Å². The molecule has 2 aromatic carbocycles. The topological polar surface area (TPSA) is 49.4 Å². The summed E-state index contributed by atoms with van der Waals surface area (Å²) >= 11 is 0. The van der Waals surface area contributed by atoms with E-state index in [4.69, 9.17) is 0 Å². The Kier molecular flexibility index (Phi) is 5.03. The molecular formula is C22H22N2O2. The largest absolute Gasteiger partial charge is 0.327 e. The molecule has 0 aromatic heterocycles. The zero-order chi connectivity index (χ0) is 18.7. The number of ketones is 1. The van der Waals surface area contributed by atoms with Crippen LogP contribution in [0.15, 0.2) is 71.9 Å². The normalized spacial score (nSPS) is 17.6. The Morgan fingerprint density at radius 1 is 1.04 bits per heavy atom. The van der Waals surface area contributed by atoms with Gasteiger partial charge >= 0.3 is 6.03 Å². The molecule has 132 valence electrons. The maximum Gasteiger partial charge on any atom is 0.322 e. The summed E-state index contributed by atoms with van der Waals surface area (Å²) in [6, 6.07) is 16.9. The summed E-state index contributed by atoms with van der Waals surface area (Å²) in [5.74, 6) is -0.108. The van der Waals surface area contributed by atoms with Crippen LogP contribution in [-0.4, -0.2) is 23.8 Å². The van der Waals surface area contributed by atoms with Gasteiger partial charge in [0.25, 0.3) is 0 Å². The Hall–Kier alpha value is -3.14. The molecule has 1 heterocycles. The Bertz CT molecular complexity index is 880. The van der Waals surface area contributed by atoms with E-state index in [9.17, 15) is 9.59 Å². The third-order valence-electron chi connectivity index (χ3n) is 4.66. The molecule has 2 amide bonds. The molecule has 1 aliphatic heterocycles. The average Bonchev–Trinajstić information content (AvgIpc) is 2.66. The first-order valence-corrected chi connectivity index (χ1v) is 8.56. The fourth-order valence-electron chi connectivity index (χ4n) is 2.99. The van der Waals surface area contributed by atoms with Crippen molar-refractivity contribution < 1.29 is 9.59 Å². The van der Waals surface area contributed by atoms with E-state index in [1.165, 1.54) is 10.5 Å². The van der Waals surface area contributed by atoms with E-state index in [2.05, 4.69) is 5.32 Å². The molecule has 26 heavy (non-hydrogen) atoms. The summed E-state index contributed by atoms with van der Waals surface area (Å²) < 4.78 is 0. The molecule has 1 unspecified atom stereocenters. The molecule has 4 nitrogen and oxygen atoms in total. The number of amides is 2. The lowest BCUT2D eigenvalue weighted by Gasteiger charge is -2.33. The van der Waals surface area contributed by atoms with Crippen molar-refractivity contribution in [2.45, 2.75) is 19.9 Å². The van der Waals surface area contributed by atoms with Crippen molar-refractivity contribution in [2.75, 3.05) is 7.05 Å². The van der Waals surface area contributed by atoms with Crippen molar-refractivity contribution in [3.8, 4) is 0 Å². The predicted octanol–water partition coefficient (Wildman–Crippen LogP) is 4.25. The number of benzene rings is 2. The summed E-state index contributed by atoms with van der Waals surface area (Å²) in [5, 5.41) is 2.92. The van der Waals surface area contributed by atoms with Crippen LogP contribution in [0.4, 0.5) is 4.79 Å². The number of hydrogen-bond donors (Lipinski definition) is 1. The first-order chi connectivity index (χ1) is 12.5. The highest BCUT2D eigenvalue weighted by Gasteiger charge is 2.32. The fourth-order valence-corrected chi connectivity index (χ4v) is 2.99. The van der Waals surface area contributed by atoms with Crippen molar-refractivity contribution >= 4 is 17.9 Å². The second-order valence-electron chi connectivity index (χ2n) is 6.46. The van der Waals surface area contributed by atoms with Crippen LogP contribution in [0.3, 0.4) is 0 Å². The lowest BCUT2D eigenvalue weighted by molar-refractivity contribution is -0.111. The van der Waals surface area contributed by atoms with Gasteiger partial charge in [0, 0.05) is 18.3 Å². The Balaban J connectivity index is 1.96. The van der Waals surface area contributed by atoms with E-state index in [0.717, 1.165) is 11.1 Å². The minimum absolute atomic E-state index is 0.108. The van der Waals surface area contributed by atoms with Crippen LogP contribution >= 0.6 is 0 Å². The summed E-state index contributed by atoms with van der Waals surface area (Å²) in [4.78, 5) is 26.7. The molecule has 0 saturated heterocycles. The lowest BCUT2D eigenvalue weighted by Crippen LogP contribution is -2.45. The molecule has 1 atom stereocenters.